The number of ether oxygens (including phenoxy) is 1. The van der Waals surface area contributed by atoms with Crippen LogP contribution >= 0.6 is 11.6 Å². The average Bonchev–Trinajstić information content (AvgIpc) is 2.42. The average molecular weight is 300 g/mol. The predicted molar refractivity (Wildman–Crippen MR) is 70.7 cm³/mol. The van der Waals surface area contributed by atoms with Gasteiger partial charge < -0.3 is 10.1 Å². The van der Waals surface area contributed by atoms with E-state index in [1.807, 2.05) is 0 Å². The lowest BCUT2D eigenvalue weighted by Gasteiger charge is -2.11. The van der Waals surface area contributed by atoms with Crippen molar-refractivity contribution in [3.63, 3.8) is 0 Å². The molecule has 0 amide bonds. The Morgan fingerprint density at radius 3 is 2.80 bits per heavy atom. The van der Waals surface area contributed by atoms with Gasteiger partial charge in [-0.15, -0.1) is 0 Å². The van der Waals surface area contributed by atoms with Gasteiger partial charge in [-0.3, -0.25) is 0 Å². The van der Waals surface area contributed by atoms with E-state index >= 15 is 0 Å². The number of nitrogens with zero attached hydrogens (tertiary/aromatic N) is 2. The molecule has 1 aromatic heterocycles. The fraction of sp³-hybridized carbons (Fsp3) is 0.231. The molecule has 2 aromatic rings. The molecule has 20 heavy (non-hydrogen) atoms. The zero-order chi connectivity index (χ0) is 14.4. The summed E-state index contributed by atoms with van der Waals surface area (Å²) in [5, 5.41) is 3.55. The summed E-state index contributed by atoms with van der Waals surface area (Å²) in [6.45, 7) is -2.03. The molecule has 1 N–H and O–H groups in total. The minimum Gasteiger partial charge on any atom is -0.434 e. The van der Waals surface area contributed by atoms with Gasteiger partial charge in [0.15, 0.2) is 0 Å². The largest absolute Gasteiger partial charge is 0.434 e. The zero-order valence-corrected chi connectivity index (χ0v) is 11.1. The Labute approximate surface area is 119 Å². The van der Waals surface area contributed by atoms with Gasteiger partial charge >= 0.3 is 6.61 Å². The number of nitrogens with one attached hydrogen (secondary N) is 1. The predicted octanol–water partition coefficient (Wildman–Crippen LogP) is 3.02. The summed E-state index contributed by atoms with van der Waals surface area (Å²) in [7, 11) is 0. The minimum atomic E-state index is -2.86. The van der Waals surface area contributed by atoms with Gasteiger partial charge in [0.2, 0.25) is 0 Å². The second kappa shape index (κ2) is 7.12. The molecule has 1 aromatic carbocycles. The van der Waals surface area contributed by atoms with Crippen molar-refractivity contribution >= 4 is 11.6 Å². The van der Waals surface area contributed by atoms with E-state index in [1.54, 1.807) is 18.3 Å². The molecule has 0 saturated carbocycles. The van der Waals surface area contributed by atoms with Crippen LogP contribution in [0.15, 0.2) is 36.8 Å². The van der Waals surface area contributed by atoms with Crippen LogP contribution in [0.3, 0.4) is 0 Å². The maximum atomic E-state index is 12.3. The normalized spacial score (nSPS) is 10.8. The van der Waals surface area contributed by atoms with E-state index in [0.29, 0.717) is 23.7 Å². The first-order chi connectivity index (χ1) is 9.65. The Morgan fingerprint density at radius 2 is 2.10 bits per heavy atom. The van der Waals surface area contributed by atoms with Crippen LogP contribution in [0, 0.1) is 0 Å². The Bertz CT molecular complexity index is 555. The van der Waals surface area contributed by atoms with Crippen LogP contribution < -0.4 is 10.1 Å². The first kappa shape index (κ1) is 14.6. The molecular formula is C13H12ClF2N3O. The fourth-order valence-corrected chi connectivity index (χ4v) is 1.84. The standard InChI is InChI=1S/C13H12ClF2N3O/c14-10-1-2-12(20-13(15)16)9(5-10)6-18-7-11-3-4-17-8-19-11/h1-5,8,13,18H,6-7H2. The van der Waals surface area contributed by atoms with Crippen molar-refractivity contribution in [2.24, 2.45) is 0 Å². The van der Waals surface area contributed by atoms with Crippen molar-refractivity contribution in [3.05, 3.63) is 53.1 Å². The van der Waals surface area contributed by atoms with Crippen LogP contribution in [0.4, 0.5) is 8.78 Å². The minimum absolute atomic E-state index is 0.111. The zero-order valence-electron chi connectivity index (χ0n) is 10.4. The molecule has 0 aliphatic heterocycles. The first-order valence-corrected chi connectivity index (χ1v) is 6.22. The molecule has 0 radical (unpaired) electrons. The van der Waals surface area contributed by atoms with Crippen molar-refractivity contribution in [1.82, 2.24) is 15.3 Å². The van der Waals surface area contributed by atoms with Gasteiger partial charge in [0.05, 0.1) is 5.69 Å². The monoisotopic (exact) mass is 299 g/mol. The van der Waals surface area contributed by atoms with Crippen LogP contribution in [0.25, 0.3) is 0 Å². The Morgan fingerprint density at radius 1 is 1.25 bits per heavy atom. The molecule has 1 heterocycles. The number of rotatable bonds is 6. The summed E-state index contributed by atoms with van der Waals surface area (Å²) in [6.07, 6.45) is 3.08. The highest BCUT2D eigenvalue weighted by Gasteiger charge is 2.10. The van der Waals surface area contributed by atoms with Gasteiger partial charge in [-0.25, -0.2) is 9.97 Å². The molecule has 2 rings (SSSR count). The molecule has 0 spiro atoms. The molecule has 0 atom stereocenters. The van der Waals surface area contributed by atoms with Crippen molar-refractivity contribution < 1.29 is 13.5 Å². The summed E-state index contributed by atoms with van der Waals surface area (Å²) in [5.74, 6) is 0.111. The molecule has 0 saturated heterocycles. The molecule has 7 heteroatoms. The van der Waals surface area contributed by atoms with E-state index in [4.69, 9.17) is 11.6 Å². The van der Waals surface area contributed by atoms with Crippen LogP contribution in [0.2, 0.25) is 5.02 Å². The Balaban J connectivity index is 1.99. The summed E-state index contributed by atoms with van der Waals surface area (Å²) in [5.41, 5.74) is 1.37. The van der Waals surface area contributed by atoms with E-state index in [2.05, 4.69) is 20.0 Å². The fourth-order valence-electron chi connectivity index (χ4n) is 1.65. The van der Waals surface area contributed by atoms with Crippen molar-refractivity contribution in [2.75, 3.05) is 0 Å². The number of halogens is 3. The van der Waals surface area contributed by atoms with Crippen molar-refractivity contribution in [3.8, 4) is 5.75 Å². The maximum absolute atomic E-state index is 12.3. The third kappa shape index (κ3) is 4.40. The number of hydrogen-bond acceptors (Lipinski definition) is 4. The van der Waals surface area contributed by atoms with Crippen LogP contribution in [-0.2, 0) is 13.1 Å². The van der Waals surface area contributed by atoms with Gasteiger partial charge in [0.1, 0.15) is 12.1 Å². The quantitative estimate of drug-likeness (QED) is 0.890. The maximum Gasteiger partial charge on any atom is 0.387 e. The smallest absolute Gasteiger partial charge is 0.387 e. The summed E-state index contributed by atoms with van der Waals surface area (Å²) < 4.78 is 29.0. The van der Waals surface area contributed by atoms with E-state index in [1.165, 1.54) is 18.5 Å². The topological polar surface area (TPSA) is 47.0 Å². The summed E-state index contributed by atoms with van der Waals surface area (Å²) in [4.78, 5) is 7.86. The van der Waals surface area contributed by atoms with Crippen LogP contribution in [0.1, 0.15) is 11.3 Å². The van der Waals surface area contributed by atoms with Crippen molar-refractivity contribution in [2.45, 2.75) is 19.7 Å². The summed E-state index contributed by atoms with van der Waals surface area (Å²) in [6, 6.07) is 6.29. The molecular weight excluding hydrogens is 288 g/mol. The SMILES string of the molecule is FC(F)Oc1ccc(Cl)cc1CNCc1ccncn1. The second-order valence-electron chi connectivity index (χ2n) is 3.93. The lowest BCUT2D eigenvalue weighted by Crippen LogP contribution is -2.15. The van der Waals surface area contributed by atoms with Gasteiger partial charge in [-0.05, 0) is 24.3 Å². The highest BCUT2D eigenvalue weighted by molar-refractivity contribution is 6.30. The van der Waals surface area contributed by atoms with E-state index in [9.17, 15) is 8.78 Å². The van der Waals surface area contributed by atoms with Gasteiger partial charge in [-0.2, -0.15) is 8.78 Å². The van der Waals surface area contributed by atoms with E-state index in [0.717, 1.165) is 5.69 Å². The molecule has 0 unspecified atom stereocenters. The van der Waals surface area contributed by atoms with Gasteiger partial charge in [0.25, 0.3) is 0 Å². The van der Waals surface area contributed by atoms with Gasteiger partial charge in [0, 0.05) is 29.9 Å². The number of alkyl halides is 2. The number of benzene rings is 1. The lowest BCUT2D eigenvalue weighted by atomic mass is 10.2. The first-order valence-electron chi connectivity index (χ1n) is 5.84. The Hall–Kier alpha value is -1.79. The molecule has 0 aliphatic carbocycles. The molecule has 106 valence electrons. The summed E-state index contributed by atoms with van der Waals surface area (Å²) >= 11 is 5.86. The van der Waals surface area contributed by atoms with E-state index in [-0.39, 0.29) is 5.75 Å². The molecule has 4 nitrogen and oxygen atoms in total. The second-order valence-corrected chi connectivity index (χ2v) is 4.37. The highest BCUT2D eigenvalue weighted by atomic mass is 35.5. The molecule has 0 aliphatic rings. The Kier molecular flexibility index (Phi) is 5.20. The molecule has 0 bridgehead atoms. The van der Waals surface area contributed by atoms with Crippen LogP contribution in [0.5, 0.6) is 5.75 Å². The van der Waals surface area contributed by atoms with E-state index < -0.39 is 6.61 Å². The highest BCUT2D eigenvalue weighted by Crippen LogP contribution is 2.24. The third-order valence-corrected chi connectivity index (χ3v) is 2.74. The number of aromatic nitrogens is 2. The number of hydrogen-bond donors (Lipinski definition) is 1. The van der Waals surface area contributed by atoms with Crippen molar-refractivity contribution in [1.29, 1.82) is 0 Å². The van der Waals surface area contributed by atoms with Crippen LogP contribution in [-0.4, -0.2) is 16.6 Å². The molecule has 0 fully saturated rings. The van der Waals surface area contributed by atoms with Gasteiger partial charge in [-0.1, -0.05) is 11.6 Å². The third-order valence-electron chi connectivity index (χ3n) is 2.50. The lowest BCUT2D eigenvalue weighted by molar-refractivity contribution is -0.0505.